The van der Waals surface area contributed by atoms with Crippen LogP contribution < -0.4 is 20.7 Å². The number of benzene rings is 1. The van der Waals surface area contributed by atoms with Crippen LogP contribution in [0, 0.1) is 0 Å². The second kappa shape index (κ2) is 4.30. The van der Waals surface area contributed by atoms with Gasteiger partial charge in [0.2, 0.25) is 0 Å². The fraction of sp³-hybridized carbons (Fsp3) is 0.364. The molecule has 1 aliphatic rings. The van der Waals surface area contributed by atoms with Gasteiger partial charge in [-0.1, -0.05) is 0 Å². The number of ether oxygens (including phenoxy) is 1. The third-order valence-corrected chi connectivity index (χ3v) is 2.45. The number of amides is 1. The first-order chi connectivity index (χ1) is 7.76. The molecule has 0 bridgehead atoms. The van der Waals surface area contributed by atoms with Crippen LogP contribution >= 0.6 is 0 Å². The maximum absolute atomic E-state index is 11.7. The molecule has 0 saturated carbocycles. The van der Waals surface area contributed by atoms with Gasteiger partial charge in [0.15, 0.2) is 6.73 Å². The number of carbonyl (C=O) groups excluding carboxylic acids is 1. The number of rotatable bonds is 3. The highest BCUT2D eigenvalue weighted by Gasteiger charge is 2.22. The van der Waals surface area contributed by atoms with E-state index in [1.807, 2.05) is 26.1 Å². The molecule has 0 aliphatic carbocycles. The van der Waals surface area contributed by atoms with Crippen molar-refractivity contribution in [3.8, 4) is 5.75 Å². The van der Waals surface area contributed by atoms with Gasteiger partial charge in [-0.25, -0.2) is 0 Å². The fourth-order valence-electron chi connectivity index (χ4n) is 1.71. The van der Waals surface area contributed by atoms with E-state index in [2.05, 4.69) is 16.0 Å². The molecule has 86 valence electrons. The zero-order valence-corrected chi connectivity index (χ0v) is 9.39. The zero-order chi connectivity index (χ0) is 11.5. The van der Waals surface area contributed by atoms with Crippen LogP contribution in [0.2, 0.25) is 0 Å². The first-order valence-electron chi connectivity index (χ1n) is 5.27. The minimum absolute atomic E-state index is 0.0974. The highest BCUT2D eigenvalue weighted by atomic mass is 16.5. The maximum Gasteiger partial charge on any atom is 0.259 e. The molecule has 1 aromatic carbocycles. The van der Waals surface area contributed by atoms with Crippen LogP contribution in [-0.4, -0.2) is 26.2 Å². The Balaban J connectivity index is 2.51. The van der Waals surface area contributed by atoms with Crippen LogP contribution in [0.25, 0.3) is 0 Å². The molecule has 1 aromatic rings. The highest BCUT2D eigenvalue weighted by molar-refractivity contribution is 6.03. The van der Waals surface area contributed by atoms with Gasteiger partial charge in [-0.3, -0.25) is 4.79 Å². The van der Waals surface area contributed by atoms with Crippen molar-refractivity contribution in [1.29, 1.82) is 0 Å². The van der Waals surface area contributed by atoms with E-state index in [1.165, 1.54) is 0 Å². The van der Waals surface area contributed by atoms with Crippen LogP contribution in [0.3, 0.4) is 0 Å². The molecule has 0 aromatic heterocycles. The van der Waals surface area contributed by atoms with Crippen molar-refractivity contribution in [3.63, 3.8) is 0 Å². The predicted molar refractivity (Wildman–Crippen MR) is 63.1 cm³/mol. The van der Waals surface area contributed by atoms with Crippen molar-refractivity contribution in [2.24, 2.45) is 0 Å². The molecule has 3 N–H and O–H groups in total. The maximum atomic E-state index is 11.7. The summed E-state index contributed by atoms with van der Waals surface area (Å²) in [6.45, 7) is 2.97. The van der Waals surface area contributed by atoms with Gasteiger partial charge in [-0.15, -0.1) is 0 Å². The van der Waals surface area contributed by atoms with Crippen molar-refractivity contribution in [2.45, 2.75) is 6.92 Å². The van der Waals surface area contributed by atoms with Gasteiger partial charge in [-0.05, 0) is 13.0 Å². The quantitative estimate of drug-likeness (QED) is 0.718. The summed E-state index contributed by atoms with van der Waals surface area (Å²) in [5.74, 6) is 0.520. The molecule has 1 amide bonds. The Morgan fingerprint density at radius 2 is 2.31 bits per heavy atom. The summed E-state index contributed by atoms with van der Waals surface area (Å²) in [5, 5.41) is 8.85. The molecule has 5 heteroatoms. The van der Waals surface area contributed by atoms with E-state index in [0.717, 1.165) is 17.9 Å². The number of anilines is 2. The minimum atomic E-state index is -0.0974. The van der Waals surface area contributed by atoms with Gasteiger partial charge in [-0.2, -0.15) is 0 Å². The lowest BCUT2D eigenvalue weighted by molar-refractivity contribution is 0.0884. The highest BCUT2D eigenvalue weighted by Crippen LogP contribution is 2.32. The second-order valence-corrected chi connectivity index (χ2v) is 3.47. The average Bonchev–Trinajstić information content (AvgIpc) is 2.29. The summed E-state index contributed by atoms with van der Waals surface area (Å²) >= 11 is 0. The smallest absolute Gasteiger partial charge is 0.259 e. The standard InChI is InChI=1S/C11H15N3O2/c1-3-13-8-4-7(12-2)5-9-10(8)11(15)14-6-16-9/h4-5,12-13H,3,6H2,1-2H3,(H,14,15). The van der Waals surface area contributed by atoms with Crippen molar-refractivity contribution in [3.05, 3.63) is 17.7 Å². The van der Waals surface area contributed by atoms with Gasteiger partial charge in [0, 0.05) is 25.3 Å². The van der Waals surface area contributed by atoms with E-state index in [4.69, 9.17) is 4.74 Å². The predicted octanol–water partition coefficient (Wildman–Crippen LogP) is 1.24. The molecule has 0 fully saturated rings. The van der Waals surface area contributed by atoms with E-state index in [-0.39, 0.29) is 12.6 Å². The number of carbonyl (C=O) groups is 1. The normalized spacial score (nSPS) is 13.5. The molecule has 0 unspecified atom stereocenters. The second-order valence-electron chi connectivity index (χ2n) is 3.47. The van der Waals surface area contributed by atoms with Gasteiger partial charge in [0.25, 0.3) is 5.91 Å². The van der Waals surface area contributed by atoms with Gasteiger partial charge < -0.3 is 20.7 Å². The Kier molecular flexibility index (Phi) is 2.85. The van der Waals surface area contributed by atoms with Crippen molar-refractivity contribution < 1.29 is 9.53 Å². The average molecular weight is 221 g/mol. The SMILES string of the molecule is CCNc1cc(NC)cc2c1C(=O)NCO2. The summed E-state index contributed by atoms with van der Waals surface area (Å²) in [5.41, 5.74) is 2.29. The molecule has 0 saturated heterocycles. The van der Waals surface area contributed by atoms with Gasteiger partial charge >= 0.3 is 0 Å². The van der Waals surface area contributed by atoms with Gasteiger partial charge in [0.1, 0.15) is 11.3 Å². The number of hydrogen-bond acceptors (Lipinski definition) is 4. The molecule has 0 atom stereocenters. The number of hydrogen-bond donors (Lipinski definition) is 3. The van der Waals surface area contributed by atoms with E-state index in [9.17, 15) is 4.79 Å². The summed E-state index contributed by atoms with van der Waals surface area (Å²) < 4.78 is 5.41. The molecule has 0 radical (unpaired) electrons. The third-order valence-electron chi connectivity index (χ3n) is 2.45. The summed E-state index contributed by atoms with van der Waals surface area (Å²) in [6, 6.07) is 3.73. The Morgan fingerprint density at radius 1 is 1.50 bits per heavy atom. The lowest BCUT2D eigenvalue weighted by Crippen LogP contribution is -2.33. The van der Waals surface area contributed by atoms with Crippen LogP contribution in [0.1, 0.15) is 17.3 Å². The van der Waals surface area contributed by atoms with E-state index in [1.54, 1.807) is 0 Å². The van der Waals surface area contributed by atoms with Crippen LogP contribution in [0.4, 0.5) is 11.4 Å². The summed E-state index contributed by atoms with van der Waals surface area (Å²) in [7, 11) is 1.83. The zero-order valence-electron chi connectivity index (χ0n) is 9.39. The Morgan fingerprint density at radius 3 is 3.00 bits per heavy atom. The molecule has 16 heavy (non-hydrogen) atoms. The van der Waals surface area contributed by atoms with E-state index < -0.39 is 0 Å². The molecule has 5 nitrogen and oxygen atoms in total. The molecule has 0 spiro atoms. The minimum Gasteiger partial charge on any atom is -0.472 e. The van der Waals surface area contributed by atoms with Crippen molar-refractivity contribution >= 4 is 17.3 Å². The first-order valence-corrected chi connectivity index (χ1v) is 5.27. The summed E-state index contributed by atoms with van der Waals surface area (Å²) in [6.07, 6.45) is 0. The fourth-order valence-corrected chi connectivity index (χ4v) is 1.71. The monoisotopic (exact) mass is 221 g/mol. The van der Waals surface area contributed by atoms with Gasteiger partial charge in [0.05, 0.1) is 5.69 Å². The summed E-state index contributed by atoms with van der Waals surface area (Å²) in [4.78, 5) is 11.7. The lowest BCUT2D eigenvalue weighted by Gasteiger charge is -2.21. The van der Waals surface area contributed by atoms with Crippen LogP contribution in [0.15, 0.2) is 12.1 Å². The molecule has 1 aliphatic heterocycles. The van der Waals surface area contributed by atoms with Crippen LogP contribution in [-0.2, 0) is 0 Å². The van der Waals surface area contributed by atoms with E-state index >= 15 is 0 Å². The Bertz CT molecular complexity index is 418. The third kappa shape index (κ3) is 1.76. The van der Waals surface area contributed by atoms with E-state index in [0.29, 0.717) is 11.3 Å². The van der Waals surface area contributed by atoms with Crippen molar-refractivity contribution in [2.75, 3.05) is 31.0 Å². The molecule has 1 heterocycles. The topological polar surface area (TPSA) is 62.4 Å². The first kappa shape index (κ1) is 10.6. The largest absolute Gasteiger partial charge is 0.472 e. The van der Waals surface area contributed by atoms with Crippen LogP contribution in [0.5, 0.6) is 5.75 Å². The Hall–Kier alpha value is -1.91. The number of nitrogens with one attached hydrogen (secondary N) is 3. The Labute approximate surface area is 94.2 Å². The molecular formula is C11H15N3O2. The van der Waals surface area contributed by atoms with Crippen molar-refractivity contribution in [1.82, 2.24) is 5.32 Å². The lowest BCUT2D eigenvalue weighted by atomic mass is 10.1. The molecule has 2 rings (SSSR count). The number of fused-ring (bicyclic) bond motifs is 1. The molecular weight excluding hydrogens is 206 g/mol.